The maximum atomic E-state index is 8.68. The molecule has 7 nitrogen and oxygen atoms in total. The minimum Gasteiger partial charge on any atom is -0.399 e. The molecule has 1 fully saturated rings. The van der Waals surface area contributed by atoms with E-state index in [9.17, 15) is 0 Å². The van der Waals surface area contributed by atoms with Gasteiger partial charge in [-0.05, 0) is 65.4 Å². The molecular formula is C19H22IN6OP. The lowest BCUT2D eigenvalue weighted by Gasteiger charge is -2.32. The molecule has 0 aliphatic carbocycles. The van der Waals surface area contributed by atoms with Gasteiger partial charge < -0.3 is 25.4 Å². The number of nitrogens with two attached hydrogens (primary N) is 1. The Bertz CT molecular complexity index is 1020. The van der Waals surface area contributed by atoms with Crippen molar-refractivity contribution >= 4 is 62.2 Å². The normalized spacial score (nSPS) is 17.5. The quantitative estimate of drug-likeness (QED) is 0.180. The predicted molar refractivity (Wildman–Crippen MR) is 126 cm³/mol. The summed E-state index contributed by atoms with van der Waals surface area (Å²) in [5.41, 5.74) is 11.4. The second-order valence-electron chi connectivity index (χ2n) is 6.81. The number of morpholine rings is 1. The second-order valence-corrected chi connectivity index (χ2v) is 8.87. The molecule has 2 heterocycles. The van der Waals surface area contributed by atoms with Gasteiger partial charge in [-0.1, -0.05) is 0 Å². The van der Waals surface area contributed by atoms with Crippen molar-refractivity contribution in [2.45, 2.75) is 13.0 Å². The van der Waals surface area contributed by atoms with Crippen LogP contribution in [0.2, 0.25) is 0 Å². The number of aromatic nitrogens is 2. The fourth-order valence-corrected chi connectivity index (χ4v) is 4.61. The van der Waals surface area contributed by atoms with Gasteiger partial charge in [0.05, 0.1) is 23.7 Å². The van der Waals surface area contributed by atoms with Crippen molar-refractivity contribution in [2.24, 2.45) is 0 Å². The average molecular weight is 508 g/mol. The number of imidazole rings is 1. The zero-order chi connectivity index (χ0) is 19.7. The van der Waals surface area contributed by atoms with Gasteiger partial charge in [0.25, 0.3) is 0 Å². The summed E-state index contributed by atoms with van der Waals surface area (Å²) >= 11 is 2.27. The lowest BCUT2D eigenvalue weighted by molar-refractivity contribution is 0.0532. The monoisotopic (exact) mass is 508 g/mol. The van der Waals surface area contributed by atoms with Crippen molar-refractivity contribution in [3.05, 3.63) is 47.8 Å². The Morgan fingerprint density at radius 3 is 3.04 bits per heavy atom. The molecule has 0 bridgehead atoms. The molecule has 2 aromatic carbocycles. The first-order chi connectivity index (χ1) is 13.5. The van der Waals surface area contributed by atoms with Crippen molar-refractivity contribution in [3.8, 4) is 0 Å². The molecule has 1 aromatic heterocycles. The van der Waals surface area contributed by atoms with E-state index >= 15 is 0 Å². The van der Waals surface area contributed by atoms with Crippen LogP contribution in [0.25, 0.3) is 11.0 Å². The predicted octanol–water partition coefficient (Wildman–Crippen LogP) is 4.14. The Morgan fingerprint density at radius 1 is 1.39 bits per heavy atom. The largest absolute Gasteiger partial charge is 0.399 e. The van der Waals surface area contributed by atoms with E-state index in [0.29, 0.717) is 23.6 Å². The standard InChI is InChI=1S/C19H22IN6OP/c1-11-10-26(6-7-27-11)13-3-5-16-17(9-13)24-19(23-16)18(22)14-8-12(21)2-4-15(14)25-28-20/h2-5,8-9,11,22,25,28H,6-7,10,21H2,1H3,(H,23,24). The first kappa shape index (κ1) is 19.4. The Labute approximate surface area is 178 Å². The summed E-state index contributed by atoms with van der Waals surface area (Å²) in [7, 11) is 0. The van der Waals surface area contributed by atoms with E-state index in [1.165, 1.54) is 0 Å². The molecule has 5 N–H and O–H groups in total. The third-order valence-corrected chi connectivity index (χ3v) is 5.98. The van der Waals surface area contributed by atoms with Gasteiger partial charge in [-0.2, -0.15) is 0 Å². The molecule has 28 heavy (non-hydrogen) atoms. The molecule has 1 aliphatic heterocycles. The Kier molecular flexibility index (Phi) is 5.70. The number of rotatable bonds is 5. The van der Waals surface area contributed by atoms with Gasteiger partial charge >= 0.3 is 0 Å². The highest BCUT2D eigenvalue weighted by molar-refractivity contribution is 14.2. The number of nitrogen functional groups attached to an aromatic ring is 1. The fraction of sp³-hybridized carbons (Fsp3) is 0.263. The van der Waals surface area contributed by atoms with Gasteiger partial charge in [-0.3, -0.25) is 5.41 Å². The van der Waals surface area contributed by atoms with Crippen LogP contribution >= 0.6 is 28.4 Å². The molecule has 9 heteroatoms. The van der Waals surface area contributed by atoms with E-state index in [4.69, 9.17) is 15.9 Å². The maximum Gasteiger partial charge on any atom is 0.157 e. The van der Waals surface area contributed by atoms with Crippen LogP contribution in [0.3, 0.4) is 0 Å². The molecule has 0 saturated carbocycles. The van der Waals surface area contributed by atoms with Crippen LogP contribution in [0, 0.1) is 5.41 Å². The van der Waals surface area contributed by atoms with Crippen molar-refractivity contribution in [1.29, 1.82) is 5.41 Å². The van der Waals surface area contributed by atoms with Gasteiger partial charge in [0.2, 0.25) is 0 Å². The summed E-state index contributed by atoms with van der Waals surface area (Å²) in [6.45, 7) is 4.58. The summed E-state index contributed by atoms with van der Waals surface area (Å²) in [5.74, 6) is 0.535. The highest BCUT2D eigenvalue weighted by atomic mass is 127. The van der Waals surface area contributed by atoms with Gasteiger partial charge in [-0.15, -0.1) is 0 Å². The number of anilines is 3. The van der Waals surface area contributed by atoms with Crippen LogP contribution in [0.1, 0.15) is 18.3 Å². The number of nitrogens with zero attached hydrogens (tertiary/aromatic N) is 2. The first-order valence-corrected chi connectivity index (χ1v) is 13.1. The number of hydrogen-bond acceptors (Lipinski definition) is 6. The van der Waals surface area contributed by atoms with Crippen LogP contribution in [0.5, 0.6) is 0 Å². The van der Waals surface area contributed by atoms with E-state index in [2.05, 4.69) is 61.1 Å². The second kappa shape index (κ2) is 8.23. The minimum atomic E-state index is 0.225. The molecule has 3 aromatic rings. The molecule has 4 rings (SSSR count). The van der Waals surface area contributed by atoms with E-state index in [1.807, 2.05) is 24.3 Å². The van der Waals surface area contributed by atoms with Crippen LogP contribution in [-0.4, -0.2) is 41.5 Å². The number of halogens is 1. The third-order valence-electron chi connectivity index (χ3n) is 4.80. The van der Waals surface area contributed by atoms with E-state index in [1.54, 1.807) is 0 Å². The number of aromatic amines is 1. The lowest BCUT2D eigenvalue weighted by atomic mass is 10.1. The molecule has 1 aliphatic rings. The lowest BCUT2D eigenvalue weighted by Crippen LogP contribution is -2.41. The Morgan fingerprint density at radius 2 is 2.25 bits per heavy atom. The summed E-state index contributed by atoms with van der Waals surface area (Å²) < 4.78 is 5.64. The van der Waals surface area contributed by atoms with Crippen molar-refractivity contribution in [3.63, 3.8) is 0 Å². The van der Waals surface area contributed by atoms with Crippen molar-refractivity contribution in [2.75, 3.05) is 35.4 Å². The maximum absolute atomic E-state index is 8.68. The molecule has 1 saturated heterocycles. The average Bonchev–Trinajstić information content (AvgIpc) is 3.12. The molecule has 0 spiro atoms. The van der Waals surface area contributed by atoms with Gasteiger partial charge in [0.1, 0.15) is 5.71 Å². The zero-order valence-electron chi connectivity index (χ0n) is 15.4. The van der Waals surface area contributed by atoms with Gasteiger partial charge in [0.15, 0.2) is 5.82 Å². The fourth-order valence-electron chi connectivity index (χ4n) is 3.42. The molecule has 0 amide bonds. The number of H-pyrrole nitrogens is 1. The van der Waals surface area contributed by atoms with E-state index < -0.39 is 0 Å². The summed E-state index contributed by atoms with van der Waals surface area (Å²) in [6, 6.07) is 11.7. The zero-order valence-corrected chi connectivity index (χ0v) is 18.6. The Balaban J connectivity index is 1.66. The van der Waals surface area contributed by atoms with Crippen LogP contribution in [-0.2, 0) is 4.74 Å². The third kappa shape index (κ3) is 3.94. The molecule has 146 valence electrons. The van der Waals surface area contributed by atoms with E-state index in [-0.39, 0.29) is 6.10 Å². The molecular weight excluding hydrogens is 486 g/mol. The highest BCUT2D eigenvalue weighted by Gasteiger charge is 2.19. The SMILES string of the molecule is CC1CN(c2ccc3nc(C(=N)c4cc(N)ccc4NPI)[nH]c3c2)CCO1. The van der Waals surface area contributed by atoms with Crippen LogP contribution in [0.4, 0.5) is 17.1 Å². The van der Waals surface area contributed by atoms with Gasteiger partial charge in [0, 0.05) is 42.1 Å². The summed E-state index contributed by atoms with van der Waals surface area (Å²) in [4.78, 5) is 10.3. The highest BCUT2D eigenvalue weighted by Crippen LogP contribution is 2.30. The van der Waals surface area contributed by atoms with E-state index in [0.717, 1.165) is 47.7 Å². The molecule has 2 atom stereocenters. The summed E-state index contributed by atoms with van der Waals surface area (Å²) in [6.07, 6.45) is 0.729. The van der Waals surface area contributed by atoms with Crippen molar-refractivity contribution in [1.82, 2.24) is 9.97 Å². The van der Waals surface area contributed by atoms with Crippen LogP contribution in [0.15, 0.2) is 36.4 Å². The minimum absolute atomic E-state index is 0.225. The number of benzene rings is 2. The van der Waals surface area contributed by atoms with Crippen LogP contribution < -0.4 is 15.7 Å². The number of fused-ring (bicyclic) bond motifs is 1. The number of ether oxygens (including phenoxy) is 1. The molecule has 0 radical (unpaired) electrons. The van der Waals surface area contributed by atoms with Crippen molar-refractivity contribution < 1.29 is 4.74 Å². The number of hydrogen-bond donors (Lipinski definition) is 4. The van der Waals surface area contributed by atoms with Gasteiger partial charge in [-0.25, -0.2) is 4.98 Å². The Hall–Kier alpha value is -1.90. The smallest absolute Gasteiger partial charge is 0.157 e. The summed E-state index contributed by atoms with van der Waals surface area (Å²) in [5, 5.41) is 12.0. The topological polar surface area (TPSA) is 103 Å². The molecule has 2 unspecified atom stereocenters. The number of nitrogens with one attached hydrogen (secondary N) is 3. The first-order valence-electron chi connectivity index (χ1n) is 9.02.